The third-order valence-electron chi connectivity index (χ3n) is 2.37. The van der Waals surface area contributed by atoms with E-state index in [-0.39, 0.29) is 0 Å². The van der Waals surface area contributed by atoms with Crippen molar-refractivity contribution < 1.29 is 9.47 Å². The van der Waals surface area contributed by atoms with Crippen LogP contribution in [0.4, 0.5) is 5.13 Å². The van der Waals surface area contributed by atoms with Crippen LogP contribution in [-0.4, -0.2) is 23.9 Å². The zero-order valence-corrected chi connectivity index (χ0v) is 11.9. The van der Waals surface area contributed by atoms with Gasteiger partial charge in [0.25, 0.3) is 0 Å². The molecule has 0 amide bonds. The monoisotopic (exact) mass is 279 g/mol. The lowest BCUT2D eigenvalue weighted by Crippen LogP contribution is -1.96. The van der Waals surface area contributed by atoms with Crippen LogP contribution in [-0.2, 0) is 18.0 Å². The van der Waals surface area contributed by atoms with Crippen molar-refractivity contribution in [2.75, 3.05) is 19.0 Å². The average Bonchev–Trinajstić information content (AvgIpc) is 2.86. The average molecular weight is 279 g/mol. The van der Waals surface area contributed by atoms with E-state index < -0.39 is 0 Å². The smallest absolute Gasteiger partial charge is 0.205 e. The molecular formula is C13H17N3O2S. The van der Waals surface area contributed by atoms with Gasteiger partial charge in [-0.15, -0.1) is 10.2 Å². The molecule has 0 radical (unpaired) electrons. The van der Waals surface area contributed by atoms with Crippen molar-refractivity contribution >= 4 is 16.5 Å². The van der Waals surface area contributed by atoms with Crippen LogP contribution in [0.1, 0.15) is 17.5 Å². The molecule has 19 heavy (non-hydrogen) atoms. The summed E-state index contributed by atoms with van der Waals surface area (Å²) in [5.41, 5.74) is 1.09. The molecule has 0 unspecified atom stereocenters. The van der Waals surface area contributed by atoms with Gasteiger partial charge in [-0.25, -0.2) is 0 Å². The Hall–Kier alpha value is -1.66. The van der Waals surface area contributed by atoms with E-state index in [9.17, 15) is 0 Å². The van der Waals surface area contributed by atoms with E-state index in [1.807, 2.05) is 31.2 Å². The highest BCUT2D eigenvalue weighted by Gasteiger charge is 2.04. The number of hydrogen-bond acceptors (Lipinski definition) is 6. The largest absolute Gasteiger partial charge is 0.486 e. The minimum atomic E-state index is 0.430. The first-order chi connectivity index (χ1) is 9.31. The number of ether oxygens (including phenoxy) is 2. The van der Waals surface area contributed by atoms with Gasteiger partial charge in [-0.05, 0) is 24.6 Å². The Morgan fingerprint density at radius 1 is 1.26 bits per heavy atom. The van der Waals surface area contributed by atoms with Crippen molar-refractivity contribution in [3.8, 4) is 5.75 Å². The summed E-state index contributed by atoms with van der Waals surface area (Å²) in [7, 11) is 1.68. The minimum Gasteiger partial charge on any atom is -0.486 e. The van der Waals surface area contributed by atoms with Crippen LogP contribution >= 0.6 is 11.3 Å². The molecular weight excluding hydrogens is 262 g/mol. The zero-order valence-electron chi connectivity index (χ0n) is 11.0. The van der Waals surface area contributed by atoms with Gasteiger partial charge in [-0.2, -0.15) is 0 Å². The second-order valence-corrected chi connectivity index (χ2v) is 4.96. The molecule has 0 fully saturated rings. The Balaban J connectivity index is 1.91. The fourth-order valence-electron chi connectivity index (χ4n) is 1.57. The van der Waals surface area contributed by atoms with Crippen LogP contribution in [0.5, 0.6) is 5.75 Å². The van der Waals surface area contributed by atoms with Crippen molar-refractivity contribution in [1.82, 2.24) is 10.2 Å². The van der Waals surface area contributed by atoms with E-state index in [4.69, 9.17) is 9.47 Å². The summed E-state index contributed by atoms with van der Waals surface area (Å²) >= 11 is 1.51. The maximum absolute atomic E-state index is 5.70. The minimum absolute atomic E-state index is 0.430. The molecule has 1 heterocycles. The Morgan fingerprint density at radius 2 is 2.16 bits per heavy atom. The van der Waals surface area contributed by atoms with E-state index in [1.54, 1.807) is 7.11 Å². The van der Waals surface area contributed by atoms with Crippen LogP contribution in [0.3, 0.4) is 0 Å². The number of aromatic nitrogens is 2. The molecule has 0 bridgehead atoms. The highest BCUT2D eigenvalue weighted by molar-refractivity contribution is 7.15. The number of nitrogens with one attached hydrogen (secondary N) is 1. The predicted octanol–water partition coefficient (Wildman–Crippen LogP) is 2.70. The Morgan fingerprint density at radius 3 is 2.95 bits per heavy atom. The predicted molar refractivity (Wildman–Crippen MR) is 75.6 cm³/mol. The molecule has 0 atom stereocenters. The summed E-state index contributed by atoms with van der Waals surface area (Å²) in [4.78, 5) is 0. The topological polar surface area (TPSA) is 56.3 Å². The van der Waals surface area contributed by atoms with Gasteiger partial charge in [0.15, 0.2) is 5.01 Å². The van der Waals surface area contributed by atoms with Gasteiger partial charge in [0.2, 0.25) is 5.13 Å². The normalized spacial score (nSPS) is 10.4. The molecule has 0 saturated heterocycles. The molecule has 0 aliphatic rings. The van der Waals surface area contributed by atoms with Crippen LogP contribution in [0, 0.1) is 0 Å². The fraction of sp³-hybridized carbons (Fsp3) is 0.385. The number of rotatable bonds is 7. The van der Waals surface area contributed by atoms with Crippen molar-refractivity contribution in [2.45, 2.75) is 20.1 Å². The van der Waals surface area contributed by atoms with E-state index in [0.717, 1.165) is 28.0 Å². The Kier molecular flexibility index (Phi) is 5.11. The molecule has 1 aromatic carbocycles. The molecule has 6 heteroatoms. The second kappa shape index (κ2) is 7.06. The lowest BCUT2D eigenvalue weighted by atomic mass is 10.2. The molecule has 102 valence electrons. The Labute approximate surface area is 116 Å². The summed E-state index contributed by atoms with van der Waals surface area (Å²) < 4.78 is 10.8. The van der Waals surface area contributed by atoms with Gasteiger partial charge in [0.05, 0.1) is 6.61 Å². The molecule has 0 aliphatic carbocycles. The van der Waals surface area contributed by atoms with Crippen LogP contribution < -0.4 is 10.1 Å². The number of nitrogens with zero attached hydrogens (tertiary/aromatic N) is 2. The molecule has 5 nitrogen and oxygen atoms in total. The second-order valence-electron chi connectivity index (χ2n) is 3.90. The lowest BCUT2D eigenvalue weighted by molar-refractivity contribution is 0.184. The van der Waals surface area contributed by atoms with Crippen molar-refractivity contribution in [3.63, 3.8) is 0 Å². The highest BCUT2D eigenvalue weighted by Crippen LogP contribution is 2.19. The van der Waals surface area contributed by atoms with E-state index in [2.05, 4.69) is 15.5 Å². The van der Waals surface area contributed by atoms with Gasteiger partial charge >= 0.3 is 0 Å². The van der Waals surface area contributed by atoms with Gasteiger partial charge in [-0.3, -0.25) is 0 Å². The first-order valence-electron chi connectivity index (χ1n) is 6.08. The van der Waals surface area contributed by atoms with Gasteiger partial charge in [0, 0.05) is 13.7 Å². The first kappa shape index (κ1) is 13.8. The molecule has 2 rings (SSSR count). The molecule has 1 N–H and O–H groups in total. The first-order valence-corrected chi connectivity index (χ1v) is 6.90. The summed E-state index contributed by atoms with van der Waals surface area (Å²) in [5, 5.41) is 12.9. The van der Waals surface area contributed by atoms with Crippen molar-refractivity contribution in [2.24, 2.45) is 0 Å². The zero-order chi connectivity index (χ0) is 13.5. The SMILES string of the molecule is CCNc1nnc(COc2cccc(COC)c2)s1. The summed E-state index contributed by atoms with van der Waals surface area (Å²) in [6.07, 6.45) is 0. The maximum atomic E-state index is 5.70. The summed E-state index contributed by atoms with van der Waals surface area (Å²) in [6.45, 7) is 3.88. The number of hydrogen-bond donors (Lipinski definition) is 1. The molecule has 0 saturated carbocycles. The highest BCUT2D eigenvalue weighted by atomic mass is 32.1. The summed E-state index contributed by atoms with van der Waals surface area (Å²) in [5.74, 6) is 0.815. The molecule has 2 aromatic rings. The number of methoxy groups -OCH3 is 1. The molecule has 1 aromatic heterocycles. The quantitative estimate of drug-likeness (QED) is 0.844. The lowest BCUT2D eigenvalue weighted by Gasteiger charge is -2.05. The van der Waals surface area contributed by atoms with Crippen LogP contribution in [0.2, 0.25) is 0 Å². The van der Waals surface area contributed by atoms with E-state index in [0.29, 0.717) is 13.2 Å². The summed E-state index contributed by atoms with van der Waals surface area (Å²) in [6, 6.07) is 7.85. The number of anilines is 1. The molecule has 0 spiro atoms. The Bertz CT molecular complexity index is 516. The van der Waals surface area contributed by atoms with Crippen molar-refractivity contribution in [3.05, 3.63) is 34.8 Å². The van der Waals surface area contributed by atoms with E-state index >= 15 is 0 Å². The maximum Gasteiger partial charge on any atom is 0.205 e. The van der Waals surface area contributed by atoms with Gasteiger partial charge in [-0.1, -0.05) is 23.5 Å². The number of benzene rings is 1. The van der Waals surface area contributed by atoms with Crippen LogP contribution in [0.15, 0.2) is 24.3 Å². The van der Waals surface area contributed by atoms with Gasteiger partial charge in [0.1, 0.15) is 12.4 Å². The van der Waals surface area contributed by atoms with Crippen LogP contribution in [0.25, 0.3) is 0 Å². The van der Waals surface area contributed by atoms with E-state index in [1.165, 1.54) is 11.3 Å². The standard InChI is InChI=1S/C13H17N3O2S/c1-3-14-13-16-15-12(19-13)9-18-11-6-4-5-10(7-11)8-17-2/h4-7H,3,8-9H2,1-2H3,(H,14,16). The van der Waals surface area contributed by atoms with Gasteiger partial charge < -0.3 is 14.8 Å². The third-order valence-corrected chi connectivity index (χ3v) is 3.22. The fourth-order valence-corrected chi connectivity index (χ4v) is 2.29. The third kappa shape index (κ3) is 4.18. The van der Waals surface area contributed by atoms with Crippen molar-refractivity contribution in [1.29, 1.82) is 0 Å². The molecule has 0 aliphatic heterocycles.